The average Bonchev–Trinajstić information content (AvgIpc) is 2.94. The molecule has 1 aliphatic carbocycles. The van der Waals surface area contributed by atoms with Gasteiger partial charge in [-0.3, -0.25) is 0 Å². The third-order valence-electron chi connectivity index (χ3n) is 2.72. The Morgan fingerprint density at radius 3 is 2.64 bits per heavy atom. The highest BCUT2D eigenvalue weighted by Gasteiger charge is 2.42. The summed E-state index contributed by atoms with van der Waals surface area (Å²) >= 11 is 11.9. The second-order valence-electron chi connectivity index (χ2n) is 3.87. The van der Waals surface area contributed by atoms with E-state index in [1.165, 1.54) is 0 Å². The summed E-state index contributed by atoms with van der Waals surface area (Å²) in [5, 5.41) is 1.15. The third-order valence-corrected chi connectivity index (χ3v) is 3.57. The lowest BCUT2D eigenvalue weighted by atomic mass is 9.98. The summed E-state index contributed by atoms with van der Waals surface area (Å²) < 4.78 is 0. The van der Waals surface area contributed by atoms with Crippen LogP contribution in [0.2, 0.25) is 10.0 Å². The molecule has 0 radical (unpaired) electrons. The molecule has 0 atom stereocenters. The largest absolute Gasteiger partial charge is 0.303 e. The van der Waals surface area contributed by atoms with Crippen LogP contribution in [-0.2, 0) is 11.2 Å². The van der Waals surface area contributed by atoms with E-state index in [1.807, 2.05) is 12.1 Å². The lowest BCUT2D eigenvalue weighted by Crippen LogP contribution is -2.06. The summed E-state index contributed by atoms with van der Waals surface area (Å²) in [5.41, 5.74) is 0.831. The van der Waals surface area contributed by atoms with Crippen molar-refractivity contribution in [3.8, 4) is 0 Å². The van der Waals surface area contributed by atoms with Gasteiger partial charge in [0.2, 0.25) is 0 Å². The quantitative estimate of drug-likeness (QED) is 0.724. The minimum atomic E-state index is -0.145. The molecule has 1 aromatic carbocycles. The number of carbonyl (C=O) groups excluding carboxylic acids is 1. The van der Waals surface area contributed by atoms with Gasteiger partial charge in [0.15, 0.2) is 0 Å². The fraction of sp³-hybridized carbons (Fsp3) is 0.364. The summed E-state index contributed by atoms with van der Waals surface area (Å²) in [6.45, 7) is 0. The Bertz CT molecular complexity index is 370. The van der Waals surface area contributed by atoms with Gasteiger partial charge < -0.3 is 4.79 Å². The van der Waals surface area contributed by atoms with Crippen molar-refractivity contribution in [1.29, 1.82) is 0 Å². The van der Waals surface area contributed by atoms with Crippen molar-refractivity contribution in [1.82, 2.24) is 0 Å². The molecule has 0 N–H and O–H groups in total. The SMILES string of the molecule is O=CC1(Cc2cccc(Cl)c2Cl)CC1. The van der Waals surface area contributed by atoms with E-state index in [1.54, 1.807) is 6.07 Å². The van der Waals surface area contributed by atoms with Crippen LogP contribution in [0.25, 0.3) is 0 Å². The van der Waals surface area contributed by atoms with E-state index in [4.69, 9.17) is 23.2 Å². The van der Waals surface area contributed by atoms with Crippen molar-refractivity contribution in [3.05, 3.63) is 33.8 Å². The van der Waals surface area contributed by atoms with Gasteiger partial charge in [-0.2, -0.15) is 0 Å². The molecule has 1 saturated carbocycles. The van der Waals surface area contributed by atoms with Crippen molar-refractivity contribution in [2.24, 2.45) is 5.41 Å². The summed E-state index contributed by atoms with van der Waals surface area (Å²) in [5.74, 6) is 0. The third kappa shape index (κ3) is 1.79. The van der Waals surface area contributed by atoms with Crippen LogP contribution >= 0.6 is 23.2 Å². The van der Waals surface area contributed by atoms with Crippen molar-refractivity contribution < 1.29 is 4.79 Å². The van der Waals surface area contributed by atoms with E-state index in [0.29, 0.717) is 10.0 Å². The maximum atomic E-state index is 10.8. The molecule has 0 aromatic heterocycles. The van der Waals surface area contributed by atoms with Gasteiger partial charge in [-0.1, -0.05) is 35.3 Å². The van der Waals surface area contributed by atoms with E-state index in [-0.39, 0.29) is 5.41 Å². The van der Waals surface area contributed by atoms with Gasteiger partial charge in [0.05, 0.1) is 10.0 Å². The molecule has 74 valence electrons. The van der Waals surface area contributed by atoms with Gasteiger partial charge in [0.1, 0.15) is 6.29 Å². The molecule has 0 amide bonds. The van der Waals surface area contributed by atoms with Crippen molar-refractivity contribution >= 4 is 29.5 Å². The Labute approximate surface area is 93.0 Å². The van der Waals surface area contributed by atoms with Gasteiger partial charge in [0.25, 0.3) is 0 Å². The van der Waals surface area contributed by atoms with Gasteiger partial charge in [-0.05, 0) is 30.9 Å². The number of hydrogen-bond donors (Lipinski definition) is 0. The van der Waals surface area contributed by atoms with E-state index in [2.05, 4.69) is 0 Å². The lowest BCUT2D eigenvalue weighted by molar-refractivity contribution is -0.112. The van der Waals surface area contributed by atoms with Gasteiger partial charge in [-0.25, -0.2) is 0 Å². The van der Waals surface area contributed by atoms with Gasteiger partial charge in [0, 0.05) is 5.41 Å². The molecule has 0 heterocycles. The molecule has 1 aromatic rings. The van der Waals surface area contributed by atoms with E-state index in [9.17, 15) is 4.79 Å². The summed E-state index contributed by atoms with van der Waals surface area (Å²) in [6, 6.07) is 5.55. The Morgan fingerprint density at radius 1 is 1.36 bits per heavy atom. The predicted octanol–water partition coefficient (Wildman–Crippen LogP) is 3.52. The molecule has 1 fully saturated rings. The number of carbonyl (C=O) groups is 1. The summed E-state index contributed by atoms with van der Waals surface area (Å²) in [7, 11) is 0. The predicted molar refractivity (Wildman–Crippen MR) is 57.9 cm³/mol. The standard InChI is InChI=1S/C11H10Cl2O/c12-9-3-1-2-8(10(9)13)6-11(7-14)4-5-11/h1-3,7H,4-6H2. The van der Waals surface area contributed by atoms with Crippen molar-refractivity contribution in [3.63, 3.8) is 0 Å². The zero-order valence-corrected chi connectivity index (χ0v) is 9.11. The molecule has 1 nitrogen and oxygen atoms in total. The topological polar surface area (TPSA) is 17.1 Å². The van der Waals surface area contributed by atoms with Crippen LogP contribution in [0, 0.1) is 5.41 Å². The fourth-order valence-electron chi connectivity index (χ4n) is 1.56. The number of benzene rings is 1. The number of rotatable bonds is 3. The van der Waals surface area contributed by atoms with E-state index in [0.717, 1.165) is 31.1 Å². The average molecular weight is 229 g/mol. The second-order valence-corrected chi connectivity index (χ2v) is 4.66. The number of hydrogen-bond acceptors (Lipinski definition) is 1. The normalized spacial score (nSPS) is 17.9. The Balaban J connectivity index is 2.25. The number of halogens is 2. The monoisotopic (exact) mass is 228 g/mol. The van der Waals surface area contributed by atoms with Crippen LogP contribution in [0.4, 0.5) is 0 Å². The fourth-order valence-corrected chi connectivity index (χ4v) is 1.95. The summed E-state index contributed by atoms with van der Waals surface area (Å²) in [4.78, 5) is 10.8. The Morgan fingerprint density at radius 2 is 2.07 bits per heavy atom. The van der Waals surface area contributed by atoms with Crippen LogP contribution in [-0.4, -0.2) is 6.29 Å². The molecule has 14 heavy (non-hydrogen) atoms. The molecule has 2 rings (SSSR count). The molecule has 0 bridgehead atoms. The molecular weight excluding hydrogens is 219 g/mol. The van der Waals surface area contributed by atoms with Crippen molar-refractivity contribution in [2.45, 2.75) is 19.3 Å². The first-order chi connectivity index (χ1) is 6.67. The molecule has 0 spiro atoms. The molecule has 0 saturated heterocycles. The summed E-state index contributed by atoms with van der Waals surface area (Å²) in [6.07, 6.45) is 3.71. The van der Waals surface area contributed by atoms with Crippen LogP contribution in [0.3, 0.4) is 0 Å². The minimum absolute atomic E-state index is 0.145. The second kappa shape index (κ2) is 3.56. The zero-order valence-electron chi connectivity index (χ0n) is 7.59. The van der Waals surface area contributed by atoms with E-state index >= 15 is 0 Å². The smallest absolute Gasteiger partial charge is 0.126 e. The molecular formula is C11H10Cl2O. The van der Waals surface area contributed by atoms with Crippen LogP contribution < -0.4 is 0 Å². The molecule has 0 unspecified atom stereocenters. The molecule has 3 heteroatoms. The maximum absolute atomic E-state index is 10.8. The zero-order chi connectivity index (χ0) is 10.2. The van der Waals surface area contributed by atoms with Crippen LogP contribution in [0.1, 0.15) is 18.4 Å². The van der Waals surface area contributed by atoms with Gasteiger partial charge in [-0.15, -0.1) is 0 Å². The van der Waals surface area contributed by atoms with Crippen molar-refractivity contribution in [2.75, 3.05) is 0 Å². The lowest BCUT2D eigenvalue weighted by Gasteiger charge is -2.09. The number of aldehydes is 1. The highest BCUT2D eigenvalue weighted by molar-refractivity contribution is 6.42. The molecule has 0 aliphatic heterocycles. The Hall–Kier alpha value is -0.530. The van der Waals surface area contributed by atoms with Gasteiger partial charge >= 0.3 is 0 Å². The maximum Gasteiger partial charge on any atom is 0.126 e. The first kappa shape index (κ1) is 10.0. The highest BCUT2D eigenvalue weighted by Crippen LogP contribution is 2.47. The first-order valence-corrected chi connectivity index (χ1v) is 5.32. The minimum Gasteiger partial charge on any atom is -0.303 e. The first-order valence-electron chi connectivity index (χ1n) is 4.56. The molecule has 1 aliphatic rings. The van der Waals surface area contributed by atoms with Crippen LogP contribution in [0.5, 0.6) is 0 Å². The van der Waals surface area contributed by atoms with Crippen LogP contribution in [0.15, 0.2) is 18.2 Å². The Kier molecular flexibility index (Phi) is 2.54. The van der Waals surface area contributed by atoms with E-state index < -0.39 is 0 Å². The highest BCUT2D eigenvalue weighted by atomic mass is 35.5.